The Morgan fingerprint density at radius 3 is 2.57 bits per heavy atom. The van der Waals surface area contributed by atoms with Gasteiger partial charge in [-0.25, -0.2) is 12.8 Å². The van der Waals surface area contributed by atoms with Crippen molar-refractivity contribution in [3.63, 3.8) is 0 Å². The van der Waals surface area contributed by atoms with E-state index in [2.05, 4.69) is 15.9 Å². The van der Waals surface area contributed by atoms with E-state index in [1.54, 1.807) is 12.1 Å². The van der Waals surface area contributed by atoms with Crippen LogP contribution in [-0.2, 0) is 16.6 Å². The molecule has 0 aromatic heterocycles. The number of rotatable bonds is 4. The molecule has 0 saturated heterocycles. The quantitative estimate of drug-likeness (QED) is 0.895. The highest BCUT2D eigenvalue weighted by Gasteiger charge is 2.24. The zero-order chi connectivity index (χ0) is 15.6. The van der Waals surface area contributed by atoms with E-state index >= 15 is 0 Å². The molecule has 0 bridgehead atoms. The smallest absolute Gasteiger partial charge is 0.246 e. The molecule has 0 aliphatic rings. The second kappa shape index (κ2) is 6.13. The summed E-state index contributed by atoms with van der Waals surface area (Å²) in [5, 5.41) is 9.39. The molecule has 0 spiro atoms. The zero-order valence-electron chi connectivity index (χ0n) is 11.1. The second-order valence-electron chi connectivity index (χ2n) is 4.51. The number of phenolic OH excluding ortho intramolecular Hbond substituents is 1. The van der Waals surface area contributed by atoms with Gasteiger partial charge in [0.2, 0.25) is 10.0 Å². The van der Waals surface area contributed by atoms with Gasteiger partial charge < -0.3 is 5.11 Å². The van der Waals surface area contributed by atoms with Crippen LogP contribution in [0.5, 0.6) is 5.75 Å². The van der Waals surface area contributed by atoms with Crippen molar-refractivity contribution < 1.29 is 17.9 Å². The standard InChI is InChI=1S/C14H13BrFNO3S/c1-17(9-10-3-2-4-12(18)7-10)21(19,20)14-6-5-11(15)8-13(14)16/h2-8,18H,9H2,1H3. The van der Waals surface area contributed by atoms with E-state index in [0.29, 0.717) is 10.0 Å². The number of hydrogen-bond donors (Lipinski definition) is 1. The third-order valence-electron chi connectivity index (χ3n) is 2.90. The predicted molar refractivity (Wildman–Crippen MR) is 80.9 cm³/mol. The van der Waals surface area contributed by atoms with E-state index in [1.807, 2.05) is 0 Å². The molecule has 0 aliphatic carbocycles. The molecule has 1 N–H and O–H groups in total. The third kappa shape index (κ3) is 3.61. The SMILES string of the molecule is CN(Cc1cccc(O)c1)S(=O)(=O)c1ccc(Br)cc1F. The first-order chi connectivity index (χ1) is 9.80. The van der Waals surface area contributed by atoms with Crippen LogP contribution >= 0.6 is 15.9 Å². The van der Waals surface area contributed by atoms with Crippen LogP contribution in [0.4, 0.5) is 4.39 Å². The van der Waals surface area contributed by atoms with E-state index in [1.165, 1.54) is 31.3 Å². The summed E-state index contributed by atoms with van der Waals surface area (Å²) in [6.07, 6.45) is 0. The van der Waals surface area contributed by atoms with E-state index < -0.39 is 15.8 Å². The molecule has 2 aromatic carbocycles. The van der Waals surface area contributed by atoms with Gasteiger partial charge in [0.15, 0.2) is 0 Å². The van der Waals surface area contributed by atoms with Gasteiger partial charge in [-0.3, -0.25) is 0 Å². The van der Waals surface area contributed by atoms with Gasteiger partial charge in [-0.15, -0.1) is 0 Å². The molecular formula is C14H13BrFNO3S. The lowest BCUT2D eigenvalue weighted by molar-refractivity contribution is 0.453. The van der Waals surface area contributed by atoms with Crippen LogP contribution in [0.1, 0.15) is 5.56 Å². The maximum atomic E-state index is 13.8. The second-order valence-corrected chi connectivity index (χ2v) is 7.43. The maximum absolute atomic E-state index is 13.8. The lowest BCUT2D eigenvalue weighted by Gasteiger charge is -2.18. The molecule has 112 valence electrons. The number of aromatic hydroxyl groups is 1. The molecule has 0 fully saturated rings. The zero-order valence-corrected chi connectivity index (χ0v) is 13.5. The first-order valence-corrected chi connectivity index (χ1v) is 8.23. The van der Waals surface area contributed by atoms with E-state index in [-0.39, 0.29) is 17.2 Å². The van der Waals surface area contributed by atoms with Crippen LogP contribution in [0, 0.1) is 5.82 Å². The molecule has 0 amide bonds. The Morgan fingerprint density at radius 2 is 1.95 bits per heavy atom. The summed E-state index contributed by atoms with van der Waals surface area (Å²) in [5.74, 6) is -0.764. The Hall–Kier alpha value is -1.44. The first-order valence-electron chi connectivity index (χ1n) is 6.00. The molecule has 2 aromatic rings. The Morgan fingerprint density at radius 1 is 1.24 bits per heavy atom. The fourth-order valence-corrected chi connectivity index (χ4v) is 3.38. The lowest BCUT2D eigenvalue weighted by Crippen LogP contribution is -2.27. The van der Waals surface area contributed by atoms with Gasteiger partial charge in [-0.1, -0.05) is 28.1 Å². The topological polar surface area (TPSA) is 57.6 Å². The highest BCUT2D eigenvalue weighted by molar-refractivity contribution is 9.10. The van der Waals surface area contributed by atoms with Crippen molar-refractivity contribution in [3.05, 3.63) is 58.3 Å². The summed E-state index contributed by atoms with van der Waals surface area (Å²) in [4.78, 5) is -0.381. The molecular weight excluding hydrogens is 361 g/mol. The van der Waals surface area contributed by atoms with Gasteiger partial charge in [-0.2, -0.15) is 4.31 Å². The minimum Gasteiger partial charge on any atom is -0.508 e. The van der Waals surface area contributed by atoms with Gasteiger partial charge in [0.25, 0.3) is 0 Å². The Kier molecular flexibility index (Phi) is 4.65. The molecule has 4 nitrogen and oxygen atoms in total. The molecule has 0 unspecified atom stereocenters. The van der Waals surface area contributed by atoms with Crippen molar-refractivity contribution in [1.82, 2.24) is 4.31 Å². The third-order valence-corrected chi connectivity index (χ3v) is 5.23. The number of nitrogens with zero attached hydrogens (tertiary/aromatic N) is 1. The van der Waals surface area contributed by atoms with Crippen molar-refractivity contribution in [3.8, 4) is 5.75 Å². The molecule has 7 heteroatoms. The Labute approximate surface area is 131 Å². The first kappa shape index (κ1) is 15.9. The fraction of sp³-hybridized carbons (Fsp3) is 0.143. The molecule has 21 heavy (non-hydrogen) atoms. The van der Waals surface area contributed by atoms with Crippen LogP contribution in [-0.4, -0.2) is 24.9 Å². The summed E-state index contributed by atoms with van der Waals surface area (Å²) in [5.41, 5.74) is 0.610. The summed E-state index contributed by atoms with van der Waals surface area (Å²) < 4.78 is 40.1. The molecule has 0 radical (unpaired) electrons. The van der Waals surface area contributed by atoms with Crippen molar-refractivity contribution in [2.45, 2.75) is 11.4 Å². The van der Waals surface area contributed by atoms with Crippen LogP contribution in [0.2, 0.25) is 0 Å². The van der Waals surface area contributed by atoms with Crippen LogP contribution in [0.25, 0.3) is 0 Å². The minimum absolute atomic E-state index is 0.0340. The van der Waals surface area contributed by atoms with Gasteiger partial charge in [0.05, 0.1) is 0 Å². The number of benzene rings is 2. The normalized spacial score (nSPS) is 11.8. The van der Waals surface area contributed by atoms with E-state index in [4.69, 9.17) is 0 Å². The van der Waals surface area contributed by atoms with Gasteiger partial charge >= 0.3 is 0 Å². The largest absolute Gasteiger partial charge is 0.508 e. The minimum atomic E-state index is -3.94. The van der Waals surface area contributed by atoms with Crippen molar-refractivity contribution in [2.75, 3.05) is 7.05 Å². The van der Waals surface area contributed by atoms with Crippen molar-refractivity contribution in [1.29, 1.82) is 0 Å². The number of phenols is 1. The summed E-state index contributed by atoms with van der Waals surface area (Å²) in [6, 6.07) is 10.0. The Balaban J connectivity index is 2.30. The van der Waals surface area contributed by atoms with Crippen LogP contribution < -0.4 is 0 Å². The molecule has 0 heterocycles. The highest BCUT2D eigenvalue weighted by atomic mass is 79.9. The maximum Gasteiger partial charge on any atom is 0.246 e. The molecule has 2 rings (SSSR count). The summed E-state index contributed by atoms with van der Waals surface area (Å²) >= 11 is 3.09. The van der Waals surface area contributed by atoms with Crippen molar-refractivity contribution in [2.24, 2.45) is 0 Å². The van der Waals surface area contributed by atoms with E-state index in [9.17, 15) is 17.9 Å². The number of hydrogen-bond acceptors (Lipinski definition) is 3. The number of sulfonamides is 1. The van der Waals surface area contributed by atoms with Gasteiger partial charge in [0, 0.05) is 18.1 Å². The summed E-state index contributed by atoms with van der Waals surface area (Å²) in [6.45, 7) is 0.0340. The number of halogens is 2. The molecule has 0 saturated carbocycles. The Bertz CT molecular complexity index is 765. The average molecular weight is 374 g/mol. The van der Waals surface area contributed by atoms with Crippen molar-refractivity contribution >= 4 is 26.0 Å². The lowest BCUT2D eigenvalue weighted by atomic mass is 10.2. The van der Waals surface area contributed by atoms with Crippen LogP contribution in [0.15, 0.2) is 51.8 Å². The van der Waals surface area contributed by atoms with E-state index in [0.717, 1.165) is 10.4 Å². The summed E-state index contributed by atoms with van der Waals surface area (Å²) in [7, 11) is -2.58. The van der Waals surface area contributed by atoms with Crippen LogP contribution in [0.3, 0.4) is 0 Å². The highest BCUT2D eigenvalue weighted by Crippen LogP contribution is 2.23. The van der Waals surface area contributed by atoms with Gasteiger partial charge in [-0.05, 0) is 35.9 Å². The average Bonchev–Trinajstić information content (AvgIpc) is 2.38. The monoisotopic (exact) mass is 373 g/mol. The fourth-order valence-electron chi connectivity index (χ4n) is 1.85. The predicted octanol–water partition coefficient (Wildman–Crippen LogP) is 3.11. The van der Waals surface area contributed by atoms with Gasteiger partial charge in [0.1, 0.15) is 16.5 Å². The molecule has 0 aliphatic heterocycles. The molecule has 0 atom stereocenters.